The maximum Gasteiger partial charge on any atom is 0.416 e. The molecule has 0 aromatic heterocycles. The Balaban J connectivity index is 2.07. The van der Waals surface area contributed by atoms with Crippen LogP contribution in [-0.2, 0) is 11.0 Å². The first-order chi connectivity index (χ1) is 12.8. The van der Waals surface area contributed by atoms with Crippen molar-refractivity contribution < 1.29 is 22.8 Å². The quantitative estimate of drug-likeness (QED) is 0.257. The molecule has 0 N–H and O–H groups in total. The summed E-state index contributed by atoms with van der Waals surface area (Å²) in [4.78, 5) is 27.1. The first-order valence-electron chi connectivity index (χ1n) is 8.60. The fourth-order valence-corrected chi connectivity index (χ4v) is 5.45. The van der Waals surface area contributed by atoms with E-state index in [0.29, 0.717) is 5.75 Å². The Morgan fingerprint density at radius 1 is 1.30 bits per heavy atom. The summed E-state index contributed by atoms with van der Waals surface area (Å²) in [6, 6.07) is 3.09. The molecule has 2 atom stereocenters. The molecule has 0 spiro atoms. The zero-order valence-corrected chi connectivity index (χ0v) is 16.4. The molecular formula is C20H19F3O2S2. The number of allylic oxidation sites excluding steroid dienone is 2. The number of Topliss-reactive ketones (excluding diaryl/α,β-unsaturated/α-hetero) is 2. The third-order valence-corrected chi connectivity index (χ3v) is 7.05. The minimum absolute atomic E-state index is 0.144. The summed E-state index contributed by atoms with van der Waals surface area (Å²) in [5, 5.41) is 0. The molecule has 2 unspecified atom stereocenters. The van der Waals surface area contributed by atoms with Crippen molar-refractivity contribution in [3.05, 3.63) is 52.5 Å². The van der Waals surface area contributed by atoms with Gasteiger partial charge in [0.1, 0.15) is 0 Å². The summed E-state index contributed by atoms with van der Waals surface area (Å²) >= 11 is 2.52. The fraction of sp³-hybridized carbons (Fsp3) is 0.400. The average molecular weight is 412 g/mol. The number of hydrogen-bond donors (Lipinski definition) is 0. The number of carbonyl (C=O) groups is 2. The van der Waals surface area contributed by atoms with E-state index in [1.807, 2.05) is 0 Å². The lowest BCUT2D eigenvalue weighted by molar-refractivity contribution is -0.137. The highest BCUT2D eigenvalue weighted by Gasteiger charge is 2.43. The van der Waals surface area contributed by atoms with Crippen LogP contribution in [0.4, 0.5) is 13.2 Å². The van der Waals surface area contributed by atoms with Crippen molar-refractivity contribution in [1.29, 1.82) is 0 Å². The monoisotopic (exact) mass is 412 g/mol. The summed E-state index contributed by atoms with van der Waals surface area (Å²) in [5.41, 5.74) is -0.457. The van der Waals surface area contributed by atoms with Crippen LogP contribution in [0.1, 0.15) is 35.2 Å². The van der Waals surface area contributed by atoms with Crippen molar-refractivity contribution in [2.45, 2.75) is 30.3 Å². The van der Waals surface area contributed by atoms with Gasteiger partial charge in [0.2, 0.25) is 0 Å². The standard InChI is InChI=1S/C20H19F3O2S2/c1-3-8-27-19-12-5-4-11(9-12)17(24)16(19)18(25)14-7-6-13(20(21,22)23)10-15(14)26-2/h3,6-7,10-12H,1,4-5,8-9H2,2H3. The molecule has 1 aromatic carbocycles. The zero-order chi connectivity index (χ0) is 19.8. The van der Waals surface area contributed by atoms with Gasteiger partial charge >= 0.3 is 6.18 Å². The van der Waals surface area contributed by atoms with Crippen LogP contribution >= 0.6 is 23.5 Å². The molecule has 1 aromatic rings. The van der Waals surface area contributed by atoms with Crippen LogP contribution in [0.3, 0.4) is 0 Å². The number of alkyl halides is 3. The van der Waals surface area contributed by atoms with Crippen molar-refractivity contribution >= 4 is 35.1 Å². The van der Waals surface area contributed by atoms with Crippen LogP contribution < -0.4 is 0 Å². The smallest absolute Gasteiger partial charge is 0.294 e. The van der Waals surface area contributed by atoms with Crippen molar-refractivity contribution in [2.75, 3.05) is 12.0 Å². The highest BCUT2D eigenvalue weighted by atomic mass is 32.2. The van der Waals surface area contributed by atoms with Gasteiger partial charge in [-0.15, -0.1) is 30.1 Å². The SMILES string of the molecule is C=CCSC1=C(C(=O)c2ccc(C(F)(F)F)cc2SC)C(=O)C2CCC1C2. The van der Waals surface area contributed by atoms with E-state index in [1.165, 1.54) is 17.8 Å². The maximum absolute atomic E-state index is 13.2. The highest BCUT2D eigenvalue weighted by Crippen LogP contribution is 2.48. The van der Waals surface area contributed by atoms with Gasteiger partial charge in [-0.3, -0.25) is 9.59 Å². The summed E-state index contributed by atoms with van der Waals surface area (Å²) < 4.78 is 39.0. The minimum Gasteiger partial charge on any atom is -0.294 e. The van der Waals surface area contributed by atoms with Crippen LogP contribution in [0.15, 0.2) is 46.2 Å². The molecule has 0 radical (unpaired) electrons. The van der Waals surface area contributed by atoms with E-state index in [-0.39, 0.29) is 33.7 Å². The molecule has 1 saturated carbocycles. The molecule has 1 fully saturated rings. The first kappa shape index (κ1) is 20.3. The second kappa shape index (κ2) is 7.87. The Bertz CT molecular complexity index is 827. The molecule has 27 heavy (non-hydrogen) atoms. The average Bonchev–Trinajstić information content (AvgIpc) is 3.08. The Labute approximate surface area is 164 Å². The largest absolute Gasteiger partial charge is 0.416 e. The van der Waals surface area contributed by atoms with Crippen LogP contribution in [-0.4, -0.2) is 23.6 Å². The molecule has 3 rings (SSSR count). The maximum atomic E-state index is 13.2. The van der Waals surface area contributed by atoms with Gasteiger partial charge in [0, 0.05) is 27.0 Å². The van der Waals surface area contributed by atoms with Gasteiger partial charge in [-0.05, 0) is 49.6 Å². The Morgan fingerprint density at radius 2 is 2.00 bits per heavy atom. The van der Waals surface area contributed by atoms with Gasteiger partial charge in [0.15, 0.2) is 11.6 Å². The number of hydrogen-bond acceptors (Lipinski definition) is 4. The topological polar surface area (TPSA) is 34.1 Å². The second-order valence-corrected chi connectivity index (χ2v) is 8.56. The Kier molecular flexibility index (Phi) is 5.91. The van der Waals surface area contributed by atoms with E-state index in [2.05, 4.69) is 6.58 Å². The van der Waals surface area contributed by atoms with E-state index in [9.17, 15) is 22.8 Å². The number of fused-ring (bicyclic) bond motifs is 2. The molecule has 0 amide bonds. The minimum atomic E-state index is -4.48. The van der Waals surface area contributed by atoms with Gasteiger partial charge in [0.05, 0.1) is 11.1 Å². The van der Waals surface area contributed by atoms with Crippen molar-refractivity contribution in [3.8, 4) is 0 Å². The number of thioether (sulfide) groups is 2. The van der Waals surface area contributed by atoms with Crippen molar-refractivity contribution in [2.24, 2.45) is 11.8 Å². The molecule has 2 nitrogen and oxygen atoms in total. The molecule has 2 bridgehead atoms. The first-order valence-corrected chi connectivity index (χ1v) is 10.8. The van der Waals surface area contributed by atoms with Gasteiger partial charge < -0.3 is 0 Å². The zero-order valence-electron chi connectivity index (χ0n) is 14.8. The number of rotatable bonds is 6. The Hall–Kier alpha value is -1.47. The van der Waals surface area contributed by atoms with E-state index < -0.39 is 17.5 Å². The third-order valence-electron chi connectivity index (χ3n) is 5.02. The number of carbonyl (C=O) groups excluding carboxylic acids is 2. The predicted octanol–water partition coefficient (Wildman–Crippen LogP) is 5.78. The number of ketones is 2. The number of halogens is 3. The van der Waals surface area contributed by atoms with Gasteiger partial charge in [0.25, 0.3) is 0 Å². The molecule has 2 aliphatic carbocycles. The van der Waals surface area contributed by atoms with E-state index in [1.54, 1.807) is 12.3 Å². The van der Waals surface area contributed by atoms with Crippen molar-refractivity contribution in [1.82, 2.24) is 0 Å². The van der Waals surface area contributed by atoms with E-state index in [0.717, 1.165) is 48.1 Å². The summed E-state index contributed by atoms with van der Waals surface area (Å²) in [7, 11) is 0. The second-order valence-electron chi connectivity index (χ2n) is 6.65. The molecule has 144 valence electrons. The predicted molar refractivity (Wildman–Crippen MR) is 103 cm³/mol. The lowest BCUT2D eigenvalue weighted by Crippen LogP contribution is -2.26. The molecule has 0 heterocycles. The summed E-state index contributed by atoms with van der Waals surface area (Å²) in [5.74, 6) is 0.00894. The lowest BCUT2D eigenvalue weighted by Gasteiger charge is -2.24. The highest BCUT2D eigenvalue weighted by molar-refractivity contribution is 8.03. The summed E-state index contributed by atoms with van der Waals surface area (Å²) in [6.45, 7) is 3.69. The molecule has 0 saturated heterocycles. The molecule has 2 aliphatic rings. The third kappa shape index (κ3) is 3.90. The van der Waals surface area contributed by atoms with E-state index in [4.69, 9.17) is 0 Å². The normalized spacial score (nSPS) is 22.3. The molecule has 0 aliphatic heterocycles. The van der Waals surface area contributed by atoms with Crippen LogP contribution in [0.25, 0.3) is 0 Å². The van der Waals surface area contributed by atoms with Crippen molar-refractivity contribution in [3.63, 3.8) is 0 Å². The van der Waals surface area contributed by atoms with Gasteiger partial charge in [-0.25, -0.2) is 0 Å². The van der Waals surface area contributed by atoms with Crippen LogP contribution in [0.2, 0.25) is 0 Å². The van der Waals surface area contributed by atoms with Gasteiger partial charge in [-0.1, -0.05) is 6.08 Å². The van der Waals surface area contributed by atoms with E-state index >= 15 is 0 Å². The van der Waals surface area contributed by atoms with Gasteiger partial charge in [-0.2, -0.15) is 13.2 Å². The Morgan fingerprint density at radius 3 is 2.63 bits per heavy atom. The van der Waals surface area contributed by atoms with Crippen LogP contribution in [0.5, 0.6) is 0 Å². The summed E-state index contributed by atoms with van der Waals surface area (Å²) in [6.07, 6.45) is 1.26. The fourth-order valence-electron chi connectivity index (χ4n) is 3.74. The molecular weight excluding hydrogens is 393 g/mol. The number of benzene rings is 1. The molecule has 7 heteroatoms. The van der Waals surface area contributed by atoms with Crippen LogP contribution in [0, 0.1) is 11.8 Å². The lowest BCUT2D eigenvalue weighted by atomic mass is 9.84.